The number of hydrogen-bond acceptors (Lipinski definition) is 5. The Balaban J connectivity index is 1.91. The van der Waals surface area contributed by atoms with E-state index in [1.807, 2.05) is 0 Å². The SMILES string of the molecule is Oc1c(C(Nc2cccnc2)c2c(F)c(F)c(OCC(F)(F)F)c(F)c2F)ccc2cccnc12. The van der Waals surface area contributed by atoms with E-state index in [4.69, 9.17) is 0 Å². The summed E-state index contributed by atoms with van der Waals surface area (Å²) in [6.45, 7) is -2.17. The number of aromatic hydroxyl groups is 1. The van der Waals surface area contributed by atoms with Gasteiger partial charge in [0.05, 0.1) is 17.3 Å². The van der Waals surface area contributed by atoms with Gasteiger partial charge in [-0.25, -0.2) is 8.78 Å². The molecule has 2 aromatic heterocycles. The highest BCUT2D eigenvalue weighted by molar-refractivity contribution is 5.86. The minimum atomic E-state index is -5.02. The number of nitrogens with zero attached hydrogens (tertiary/aromatic N) is 2. The van der Waals surface area contributed by atoms with Gasteiger partial charge < -0.3 is 15.2 Å². The summed E-state index contributed by atoms with van der Waals surface area (Å²) in [6.07, 6.45) is -1.03. The number of hydrogen-bond donors (Lipinski definition) is 2. The smallest absolute Gasteiger partial charge is 0.422 e. The van der Waals surface area contributed by atoms with Crippen LogP contribution in [0.1, 0.15) is 17.2 Å². The number of halogens is 7. The van der Waals surface area contributed by atoms with Crippen molar-refractivity contribution >= 4 is 16.6 Å². The summed E-state index contributed by atoms with van der Waals surface area (Å²) < 4.78 is 101. The maximum absolute atomic E-state index is 15.1. The number of pyridine rings is 2. The second-order valence-electron chi connectivity index (χ2n) is 7.30. The first-order chi connectivity index (χ1) is 16.6. The molecule has 1 unspecified atom stereocenters. The minimum Gasteiger partial charge on any atom is -0.505 e. The van der Waals surface area contributed by atoms with E-state index in [9.17, 15) is 27.1 Å². The fourth-order valence-corrected chi connectivity index (χ4v) is 3.46. The average molecular weight is 497 g/mol. The number of fused-ring (bicyclic) bond motifs is 1. The number of nitrogens with one attached hydrogen (secondary N) is 1. The van der Waals surface area contributed by atoms with Crippen molar-refractivity contribution in [1.82, 2.24) is 9.97 Å². The van der Waals surface area contributed by atoms with Crippen LogP contribution >= 0.6 is 0 Å². The number of benzene rings is 2. The third-order valence-electron chi connectivity index (χ3n) is 4.99. The standard InChI is InChI=1S/C23H14F7N3O2/c24-15-14(16(25)18(27)22(17(15)26)35-10-23(28,29)30)20(33-12-4-2-7-31-9-12)13-6-5-11-3-1-8-32-19(11)21(13)34/h1-9,20,33-34H,10H2. The normalized spacial score (nSPS) is 12.5. The molecule has 0 saturated carbocycles. The molecule has 0 fully saturated rings. The predicted octanol–water partition coefficient (Wildman–Crippen LogP) is 6.03. The number of alkyl halides is 3. The zero-order chi connectivity index (χ0) is 25.3. The summed E-state index contributed by atoms with van der Waals surface area (Å²) in [5.41, 5.74) is -1.28. The summed E-state index contributed by atoms with van der Waals surface area (Å²) in [4.78, 5) is 7.85. The zero-order valence-electron chi connectivity index (χ0n) is 17.4. The first-order valence-electron chi connectivity index (χ1n) is 9.87. The molecule has 0 aliphatic heterocycles. The number of phenolic OH excluding ortho intramolecular Hbond substituents is 1. The number of anilines is 1. The van der Waals surface area contributed by atoms with Crippen LogP contribution in [-0.4, -0.2) is 27.9 Å². The topological polar surface area (TPSA) is 67.3 Å². The Morgan fingerprint density at radius 2 is 1.60 bits per heavy atom. The van der Waals surface area contributed by atoms with E-state index in [0.717, 1.165) is 0 Å². The summed E-state index contributed by atoms with van der Waals surface area (Å²) in [6, 6.07) is 7.03. The van der Waals surface area contributed by atoms with Gasteiger partial charge >= 0.3 is 6.18 Å². The number of rotatable bonds is 6. The van der Waals surface area contributed by atoms with Crippen molar-refractivity contribution in [3.05, 3.63) is 89.4 Å². The predicted molar refractivity (Wildman–Crippen MR) is 111 cm³/mol. The van der Waals surface area contributed by atoms with Crippen molar-refractivity contribution in [2.75, 3.05) is 11.9 Å². The Morgan fingerprint density at radius 3 is 2.23 bits per heavy atom. The summed E-state index contributed by atoms with van der Waals surface area (Å²) in [5, 5.41) is 13.9. The average Bonchev–Trinajstić information content (AvgIpc) is 2.83. The highest BCUT2D eigenvalue weighted by Gasteiger charge is 2.36. The van der Waals surface area contributed by atoms with Crippen LogP contribution in [0.3, 0.4) is 0 Å². The molecule has 2 aromatic carbocycles. The van der Waals surface area contributed by atoms with Gasteiger partial charge in [-0.1, -0.05) is 18.2 Å². The highest BCUT2D eigenvalue weighted by Crippen LogP contribution is 2.41. The molecule has 0 radical (unpaired) electrons. The molecular formula is C23H14F7N3O2. The molecule has 35 heavy (non-hydrogen) atoms. The molecule has 182 valence electrons. The lowest BCUT2D eigenvalue weighted by molar-refractivity contribution is -0.154. The van der Waals surface area contributed by atoms with Gasteiger partial charge in [0, 0.05) is 29.5 Å². The molecule has 0 aliphatic carbocycles. The lowest BCUT2D eigenvalue weighted by atomic mass is 9.94. The van der Waals surface area contributed by atoms with Crippen LogP contribution in [0.2, 0.25) is 0 Å². The van der Waals surface area contributed by atoms with Crippen molar-refractivity contribution < 1.29 is 40.6 Å². The van der Waals surface area contributed by atoms with Gasteiger partial charge in [0.25, 0.3) is 0 Å². The van der Waals surface area contributed by atoms with Gasteiger partial charge in [-0.3, -0.25) is 9.97 Å². The number of aromatic nitrogens is 2. The molecule has 0 bridgehead atoms. The van der Waals surface area contributed by atoms with Crippen LogP contribution in [0.4, 0.5) is 36.4 Å². The monoisotopic (exact) mass is 497 g/mol. The Kier molecular flexibility index (Phi) is 6.37. The lowest BCUT2D eigenvalue weighted by Gasteiger charge is -2.24. The van der Waals surface area contributed by atoms with E-state index in [1.165, 1.54) is 42.9 Å². The van der Waals surface area contributed by atoms with E-state index in [1.54, 1.807) is 12.1 Å². The first-order valence-corrected chi connectivity index (χ1v) is 9.87. The Morgan fingerprint density at radius 1 is 0.914 bits per heavy atom. The van der Waals surface area contributed by atoms with Gasteiger partial charge in [-0.15, -0.1) is 0 Å². The van der Waals surface area contributed by atoms with Crippen molar-refractivity contribution in [3.63, 3.8) is 0 Å². The zero-order valence-corrected chi connectivity index (χ0v) is 17.4. The summed E-state index contributed by atoms with van der Waals surface area (Å²) in [5.74, 6) is -10.8. The van der Waals surface area contributed by atoms with Crippen LogP contribution in [0.5, 0.6) is 11.5 Å². The Hall–Kier alpha value is -4.09. The van der Waals surface area contributed by atoms with Crippen LogP contribution < -0.4 is 10.1 Å². The fourth-order valence-electron chi connectivity index (χ4n) is 3.46. The molecule has 1 atom stereocenters. The maximum Gasteiger partial charge on any atom is 0.422 e. The minimum absolute atomic E-state index is 0.0369. The molecular weight excluding hydrogens is 483 g/mol. The van der Waals surface area contributed by atoms with Crippen molar-refractivity contribution in [2.24, 2.45) is 0 Å². The van der Waals surface area contributed by atoms with E-state index in [-0.39, 0.29) is 16.8 Å². The summed E-state index contributed by atoms with van der Waals surface area (Å²) >= 11 is 0. The van der Waals surface area contributed by atoms with E-state index in [2.05, 4.69) is 20.0 Å². The third-order valence-corrected chi connectivity index (χ3v) is 4.99. The number of phenols is 1. The Labute approximate surface area is 192 Å². The largest absolute Gasteiger partial charge is 0.505 e. The van der Waals surface area contributed by atoms with Crippen LogP contribution in [-0.2, 0) is 0 Å². The summed E-state index contributed by atoms with van der Waals surface area (Å²) in [7, 11) is 0. The van der Waals surface area contributed by atoms with Gasteiger partial charge in [0.1, 0.15) is 11.3 Å². The second kappa shape index (κ2) is 9.28. The molecule has 5 nitrogen and oxygen atoms in total. The van der Waals surface area contributed by atoms with Gasteiger partial charge in [0.2, 0.25) is 11.6 Å². The fraction of sp³-hybridized carbons (Fsp3) is 0.130. The molecule has 0 aliphatic rings. The second-order valence-corrected chi connectivity index (χ2v) is 7.30. The molecule has 0 spiro atoms. The van der Waals surface area contributed by atoms with Gasteiger partial charge in [-0.2, -0.15) is 22.0 Å². The maximum atomic E-state index is 15.1. The molecule has 2 heterocycles. The van der Waals surface area contributed by atoms with Gasteiger partial charge in [0.15, 0.2) is 24.0 Å². The van der Waals surface area contributed by atoms with Crippen LogP contribution in [0.15, 0.2) is 55.0 Å². The molecule has 4 rings (SSSR count). The van der Waals surface area contributed by atoms with Crippen molar-refractivity contribution in [2.45, 2.75) is 12.2 Å². The van der Waals surface area contributed by atoms with Crippen molar-refractivity contribution in [1.29, 1.82) is 0 Å². The highest BCUT2D eigenvalue weighted by atomic mass is 19.4. The molecule has 0 saturated heterocycles. The quantitative estimate of drug-likeness (QED) is 0.251. The lowest BCUT2D eigenvalue weighted by Crippen LogP contribution is -2.22. The van der Waals surface area contributed by atoms with Crippen LogP contribution in [0.25, 0.3) is 10.9 Å². The van der Waals surface area contributed by atoms with E-state index >= 15 is 8.78 Å². The molecule has 12 heteroatoms. The van der Waals surface area contributed by atoms with Crippen LogP contribution in [0, 0.1) is 23.3 Å². The third kappa shape index (κ3) is 4.77. The molecule has 0 amide bonds. The van der Waals surface area contributed by atoms with Gasteiger partial charge in [-0.05, 0) is 18.2 Å². The molecule has 2 N–H and O–H groups in total. The van der Waals surface area contributed by atoms with E-state index in [0.29, 0.717) is 5.39 Å². The number of ether oxygens (including phenoxy) is 1. The van der Waals surface area contributed by atoms with Crippen molar-refractivity contribution in [3.8, 4) is 11.5 Å². The van der Waals surface area contributed by atoms with E-state index < -0.39 is 59.2 Å². The molecule has 4 aromatic rings. The first kappa shape index (κ1) is 24.0. The Bertz CT molecular complexity index is 1350.